The Hall–Kier alpha value is -1.80. The molecule has 3 aromatic rings. The van der Waals surface area contributed by atoms with Crippen LogP contribution in [-0.4, -0.2) is 69.3 Å². The summed E-state index contributed by atoms with van der Waals surface area (Å²) in [5, 5.41) is 25.4. The fraction of sp³-hybridized carbons (Fsp3) is 0.438. The van der Waals surface area contributed by atoms with E-state index in [0.717, 1.165) is 4.46 Å². The molecule has 5 nitrogen and oxygen atoms in total. The van der Waals surface area contributed by atoms with E-state index in [1.807, 2.05) is 44.2 Å². The molecule has 1 aliphatic carbocycles. The first-order valence-electron chi connectivity index (χ1n) is 13.6. The van der Waals surface area contributed by atoms with E-state index in [0.29, 0.717) is 0 Å². The van der Waals surface area contributed by atoms with Crippen molar-refractivity contribution < 1.29 is 24.1 Å². The van der Waals surface area contributed by atoms with Crippen molar-refractivity contribution in [1.82, 2.24) is 0 Å². The standard InChI is InChI=1S/C32H40O5SeSi/c1-29(2,3)39(24-18-12-8-13-19-24,25-20-14-9-15-21-25)35-22-32-27(38-23-16-10-7-11-17-23)26(33)31(6,34)28(32)36-30(4,5)37-32/h7-21,26-28,33-34H,22H2,1-6H3/t26-,27-,28-,31-,32+/m0/s1. The fourth-order valence-electron chi connectivity index (χ4n) is 6.45. The summed E-state index contributed by atoms with van der Waals surface area (Å²) in [5.74, 6) is -0.936. The monoisotopic (exact) mass is 612 g/mol. The maximum atomic E-state index is 11.7. The average Bonchev–Trinajstić information content (AvgIpc) is 3.26. The number of ether oxygens (including phenoxy) is 2. The van der Waals surface area contributed by atoms with Crippen LogP contribution in [0.2, 0.25) is 9.85 Å². The van der Waals surface area contributed by atoms with Crippen LogP contribution in [0, 0.1) is 0 Å². The van der Waals surface area contributed by atoms with Crippen LogP contribution in [0.25, 0.3) is 0 Å². The van der Waals surface area contributed by atoms with Crippen LogP contribution in [-0.2, 0) is 13.9 Å². The molecule has 0 radical (unpaired) electrons. The number of hydrogen-bond donors (Lipinski definition) is 2. The van der Waals surface area contributed by atoms with Crippen molar-refractivity contribution in [3.63, 3.8) is 0 Å². The van der Waals surface area contributed by atoms with Gasteiger partial charge in [-0.1, -0.05) is 0 Å². The second kappa shape index (κ2) is 10.2. The zero-order valence-corrected chi connectivity index (χ0v) is 26.3. The van der Waals surface area contributed by atoms with E-state index in [2.05, 4.69) is 81.4 Å². The second-order valence-electron chi connectivity index (χ2n) is 12.4. The van der Waals surface area contributed by atoms with E-state index in [1.54, 1.807) is 6.92 Å². The van der Waals surface area contributed by atoms with Crippen LogP contribution in [0.5, 0.6) is 0 Å². The number of aliphatic hydroxyl groups excluding tert-OH is 1. The number of aliphatic hydroxyl groups is 2. The Morgan fingerprint density at radius 1 is 0.846 bits per heavy atom. The average molecular weight is 612 g/mol. The van der Waals surface area contributed by atoms with E-state index in [1.165, 1.54) is 10.4 Å². The zero-order valence-electron chi connectivity index (χ0n) is 23.6. The van der Waals surface area contributed by atoms with Gasteiger partial charge in [-0.15, -0.1) is 0 Å². The molecule has 0 amide bonds. The third-order valence-corrected chi connectivity index (χ3v) is 16.2. The normalized spacial score (nSPS) is 30.3. The SMILES string of the molecule is CC1(C)O[C@H]2[C@@](C)(O)[C@@H](O)[C@H]([Se]c3ccccc3)[C@@]2(CO[Si](c2ccccc2)(c2ccccc2)C(C)(C)C)O1. The van der Waals surface area contributed by atoms with Crippen molar-refractivity contribution in [2.45, 2.75) is 80.6 Å². The molecule has 3 aromatic carbocycles. The van der Waals surface area contributed by atoms with Crippen molar-refractivity contribution in [3.8, 4) is 0 Å². The van der Waals surface area contributed by atoms with Crippen molar-refractivity contribution in [2.24, 2.45) is 0 Å². The van der Waals surface area contributed by atoms with Gasteiger partial charge < -0.3 is 0 Å². The van der Waals surface area contributed by atoms with Gasteiger partial charge in [0.15, 0.2) is 0 Å². The molecular weight excluding hydrogens is 571 g/mol. The van der Waals surface area contributed by atoms with Gasteiger partial charge >= 0.3 is 240 Å². The van der Waals surface area contributed by atoms with Gasteiger partial charge in [-0.2, -0.15) is 0 Å². The third-order valence-electron chi connectivity index (χ3n) is 8.12. The first-order chi connectivity index (χ1) is 18.3. The quantitative estimate of drug-likeness (QED) is 0.401. The molecule has 2 N–H and O–H groups in total. The van der Waals surface area contributed by atoms with E-state index >= 15 is 0 Å². The van der Waals surface area contributed by atoms with Gasteiger partial charge in [0.2, 0.25) is 0 Å². The van der Waals surface area contributed by atoms with Crippen molar-refractivity contribution >= 4 is 38.1 Å². The Kier molecular flexibility index (Phi) is 7.53. The number of hydrogen-bond acceptors (Lipinski definition) is 5. The van der Waals surface area contributed by atoms with Gasteiger partial charge in [0.25, 0.3) is 0 Å². The summed E-state index contributed by atoms with van der Waals surface area (Å²) in [6, 6.07) is 31.2. The molecule has 1 heterocycles. The number of benzene rings is 3. The first kappa shape index (κ1) is 28.7. The fourth-order valence-corrected chi connectivity index (χ4v) is 14.1. The molecule has 2 fully saturated rings. The molecule has 7 heteroatoms. The Balaban J connectivity index is 1.65. The van der Waals surface area contributed by atoms with Crippen LogP contribution in [0.15, 0.2) is 91.0 Å². The summed E-state index contributed by atoms with van der Waals surface area (Å²) in [6.07, 6.45) is -1.77. The van der Waals surface area contributed by atoms with Crippen LogP contribution >= 0.6 is 0 Å². The molecule has 0 spiro atoms. The summed E-state index contributed by atoms with van der Waals surface area (Å²) in [4.78, 5) is -0.382. The molecule has 0 aromatic heterocycles. The van der Waals surface area contributed by atoms with Crippen LogP contribution < -0.4 is 14.8 Å². The van der Waals surface area contributed by atoms with Crippen molar-refractivity contribution in [3.05, 3.63) is 91.0 Å². The zero-order chi connectivity index (χ0) is 28.1. The molecule has 0 bridgehead atoms. The van der Waals surface area contributed by atoms with Gasteiger partial charge in [0, 0.05) is 0 Å². The van der Waals surface area contributed by atoms with Crippen molar-refractivity contribution in [1.29, 1.82) is 0 Å². The molecule has 5 atom stereocenters. The molecule has 0 unspecified atom stereocenters. The van der Waals surface area contributed by atoms with E-state index in [4.69, 9.17) is 13.9 Å². The molecule has 208 valence electrons. The van der Waals surface area contributed by atoms with Crippen molar-refractivity contribution in [2.75, 3.05) is 6.61 Å². The number of fused-ring (bicyclic) bond motifs is 1. The summed E-state index contributed by atoms with van der Waals surface area (Å²) < 4.78 is 21.7. The Morgan fingerprint density at radius 3 is 1.82 bits per heavy atom. The predicted molar refractivity (Wildman–Crippen MR) is 159 cm³/mol. The summed E-state index contributed by atoms with van der Waals surface area (Å²) >= 11 is -0.210. The first-order valence-corrected chi connectivity index (χ1v) is 17.3. The molecule has 1 saturated heterocycles. The summed E-state index contributed by atoms with van der Waals surface area (Å²) in [5.41, 5.74) is -2.53. The molecule has 39 heavy (non-hydrogen) atoms. The van der Waals surface area contributed by atoms with Gasteiger partial charge in [-0.05, 0) is 0 Å². The van der Waals surface area contributed by atoms with Gasteiger partial charge in [-0.25, -0.2) is 0 Å². The summed E-state index contributed by atoms with van der Waals surface area (Å²) in [7, 11) is -2.91. The van der Waals surface area contributed by atoms with E-state index in [-0.39, 0.29) is 31.4 Å². The van der Waals surface area contributed by atoms with Gasteiger partial charge in [0.05, 0.1) is 0 Å². The minimum absolute atomic E-state index is 0.195. The number of rotatable bonds is 7. The Morgan fingerprint density at radius 2 is 1.33 bits per heavy atom. The van der Waals surface area contributed by atoms with Gasteiger partial charge in [0.1, 0.15) is 0 Å². The third kappa shape index (κ3) is 4.87. The minimum atomic E-state index is -2.91. The summed E-state index contributed by atoms with van der Waals surface area (Å²) in [6.45, 7) is 12.4. The van der Waals surface area contributed by atoms with E-state index in [9.17, 15) is 10.2 Å². The van der Waals surface area contributed by atoms with E-state index < -0.39 is 37.5 Å². The maximum absolute atomic E-state index is 11.7. The van der Waals surface area contributed by atoms with Gasteiger partial charge in [-0.3, -0.25) is 0 Å². The second-order valence-corrected chi connectivity index (χ2v) is 19.3. The molecule has 2 aliphatic rings. The Labute approximate surface area is 239 Å². The molecule has 1 saturated carbocycles. The van der Waals surface area contributed by atoms with Crippen LogP contribution in [0.3, 0.4) is 0 Å². The molecule has 1 aliphatic heterocycles. The van der Waals surface area contributed by atoms with Crippen LogP contribution in [0.4, 0.5) is 0 Å². The molecule has 5 rings (SSSR count). The Bertz CT molecular complexity index is 1220. The molecular formula is C32H40O5SeSi. The predicted octanol–water partition coefficient (Wildman–Crippen LogP) is 3.40. The van der Waals surface area contributed by atoms with Crippen LogP contribution in [0.1, 0.15) is 41.5 Å². The topological polar surface area (TPSA) is 68.2 Å².